The summed E-state index contributed by atoms with van der Waals surface area (Å²) in [7, 11) is 0. The minimum absolute atomic E-state index is 0.0183. The minimum atomic E-state index is -0.311. The molecule has 100 valence electrons. The summed E-state index contributed by atoms with van der Waals surface area (Å²) < 4.78 is 5.29. The van der Waals surface area contributed by atoms with Crippen LogP contribution >= 0.6 is 0 Å². The Hall–Kier alpha value is -1.36. The summed E-state index contributed by atoms with van der Waals surface area (Å²) in [4.78, 5) is 15.9. The topological polar surface area (TPSA) is 81.2 Å². The molecule has 1 aliphatic carbocycles. The van der Waals surface area contributed by atoms with Crippen molar-refractivity contribution in [2.24, 2.45) is 5.73 Å². The second-order valence-electron chi connectivity index (χ2n) is 5.24. The number of hydrogen-bond acceptors (Lipinski definition) is 4. The lowest BCUT2D eigenvalue weighted by Crippen LogP contribution is -2.45. The van der Waals surface area contributed by atoms with Crippen molar-refractivity contribution >= 4 is 5.91 Å². The number of nitrogens with zero attached hydrogens (tertiary/aromatic N) is 1. The Balaban J connectivity index is 1.78. The van der Waals surface area contributed by atoms with Gasteiger partial charge in [0.05, 0.1) is 12.7 Å². The van der Waals surface area contributed by atoms with E-state index in [0.29, 0.717) is 18.9 Å². The Bertz CT molecular complexity index is 408. The van der Waals surface area contributed by atoms with E-state index < -0.39 is 0 Å². The van der Waals surface area contributed by atoms with Crippen LogP contribution in [-0.4, -0.2) is 16.4 Å². The molecule has 1 heterocycles. The molecule has 18 heavy (non-hydrogen) atoms. The van der Waals surface area contributed by atoms with Gasteiger partial charge in [-0.25, -0.2) is 4.98 Å². The lowest BCUT2D eigenvalue weighted by Gasteiger charge is -2.32. The Kier molecular flexibility index (Phi) is 4.01. The molecule has 1 aromatic rings. The molecule has 1 fully saturated rings. The van der Waals surface area contributed by atoms with Crippen molar-refractivity contribution in [2.75, 3.05) is 0 Å². The predicted molar refractivity (Wildman–Crippen MR) is 67.7 cm³/mol. The SMILES string of the molecule is Cc1cnc(CNC(=O)CC2(N)CCCCC2)o1. The molecular formula is C13H21N3O2. The number of hydrogen-bond donors (Lipinski definition) is 2. The van der Waals surface area contributed by atoms with Crippen LogP contribution in [0.25, 0.3) is 0 Å². The smallest absolute Gasteiger partial charge is 0.222 e. The number of amides is 1. The number of nitrogens with one attached hydrogen (secondary N) is 1. The zero-order chi connectivity index (χ0) is 13.0. The van der Waals surface area contributed by atoms with Crippen molar-refractivity contribution in [2.45, 2.75) is 57.5 Å². The number of oxazole rings is 1. The van der Waals surface area contributed by atoms with Gasteiger partial charge in [0.1, 0.15) is 5.76 Å². The fourth-order valence-electron chi connectivity index (χ4n) is 2.47. The standard InChI is InChI=1S/C13H21N3O2/c1-10-8-16-12(18-10)9-15-11(17)7-13(14)5-3-2-4-6-13/h8H,2-7,9,14H2,1H3,(H,15,17). The van der Waals surface area contributed by atoms with Crippen molar-refractivity contribution in [3.8, 4) is 0 Å². The van der Waals surface area contributed by atoms with Gasteiger partial charge in [0.25, 0.3) is 0 Å². The molecule has 0 spiro atoms. The maximum atomic E-state index is 11.8. The van der Waals surface area contributed by atoms with Gasteiger partial charge in [-0.1, -0.05) is 19.3 Å². The molecule has 0 bridgehead atoms. The van der Waals surface area contributed by atoms with Crippen molar-refractivity contribution in [3.05, 3.63) is 17.8 Å². The second kappa shape index (κ2) is 5.52. The Labute approximate surface area is 107 Å². The van der Waals surface area contributed by atoms with Crippen LogP contribution in [0.15, 0.2) is 10.6 Å². The van der Waals surface area contributed by atoms with Crippen molar-refractivity contribution in [1.82, 2.24) is 10.3 Å². The maximum Gasteiger partial charge on any atom is 0.222 e. The molecule has 0 aromatic carbocycles. The first-order chi connectivity index (χ1) is 8.57. The average molecular weight is 251 g/mol. The van der Waals surface area contributed by atoms with Gasteiger partial charge in [0.2, 0.25) is 11.8 Å². The lowest BCUT2D eigenvalue weighted by molar-refractivity contribution is -0.122. The molecule has 1 saturated carbocycles. The highest BCUT2D eigenvalue weighted by molar-refractivity contribution is 5.77. The highest BCUT2D eigenvalue weighted by atomic mass is 16.4. The highest BCUT2D eigenvalue weighted by Gasteiger charge is 2.29. The quantitative estimate of drug-likeness (QED) is 0.852. The van der Waals surface area contributed by atoms with Gasteiger partial charge in [-0.15, -0.1) is 0 Å². The molecule has 1 aromatic heterocycles. The van der Waals surface area contributed by atoms with Crippen LogP contribution < -0.4 is 11.1 Å². The van der Waals surface area contributed by atoms with Gasteiger partial charge in [-0.3, -0.25) is 4.79 Å². The van der Waals surface area contributed by atoms with Gasteiger partial charge < -0.3 is 15.5 Å². The van der Waals surface area contributed by atoms with E-state index in [1.165, 1.54) is 6.42 Å². The number of nitrogens with two attached hydrogens (primary N) is 1. The number of aryl methyl sites for hydroxylation is 1. The third kappa shape index (κ3) is 3.57. The third-order valence-corrected chi connectivity index (χ3v) is 3.47. The third-order valence-electron chi connectivity index (χ3n) is 3.47. The summed E-state index contributed by atoms with van der Waals surface area (Å²) in [6.45, 7) is 2.16. The molecule has 1 amide bonds. The molecule has 1 aliphatic rings. The molecule has 3 N–H and O–H groups in total. The summed E-state index contributed by atoms with van der Waals surface area (Å²) >= 11 is 0. The number of carbonyl (C=O) groups is 1. The normalized spacial score (nSPS) is 18.6. The zero-order valence-corrected chi connectivity index (χ0v) is 10.9. The lowest BCUT2D eigenvalue weighted by atomic mass is 9.80. The molecular weight excluding hydrogens is 230 g/mol. The van der Waals surface area contributed by atoms with Gasteiger partial charge >= 0.3 is 0 Å². The number of aromatic nitrogens is 1. The van der Waals surface area contributed by atoms with E-state index in [9.17, 15) is 4.79 Å². The van der Waals surface area contributed by atoms with Crippen molar-refractivity contribution < 1.29 is 9.21 Å². The Morgan fingerprint density at radius 1 is 1.50 bits per heavy atom. The van der Waals surface area contributed by atoms with Gasteiger partial charge in [0.15, 0.2) is 0 Å². The van der Waals surface area contributed by atoms with Crippen LogP contribution in [0.3, 0.4) is 0 Å². The Morgan fingerprint density at radius 2 is 2.22 bits per heavy atom. The van der Waals surface area contributed by atoms with E-state index in [0.717, 1.165) is 31.4 Å². The second-order valence-corrected chi connectivity index (χ2v) is 5.24. The van der Waals surface area contributed by atoms with E-state index in [1.54, 1.807) is 6.20 Å². The highest BCUT2D eigenvalue weighted by Crippen LogP contribution is 2.28. The van der Waals surface area contributed by atoms with Crippen LogP contribution in [-0.2, 0) is 11.3 Å². The predicted octanol–water partition coefficient (Wildman–Crippen LogP) is 1.65. The van der Waals surface area contributed by atoms with E-state index in [4.69, 9.17) is 10.2 Å². The first-order valence-electron chi connectivity index (χ1n) is 6.54. The van der Waals surface area contributed by atoms with Crippen LogP contribution in [0.4, 0.5) is 0 Å². The molecule has 0 unspecified atom stereocenters. The monoisotopic (exact) mass is 251 g/mol. The maximum absolute atomic E-state index is 11.8. The fraction of sp³-hybridized carbons (Fsp3) is 0.692. The molecule has 0 atom stereocenters. The fourth-order valence-corrected chi connectivity index (χ4v) is 2.47. The summed E-state index contributed by atoms with van der Waals surface area (Å²) in [5.74, 6) is 1.27. The number of rotatable bonds is 4. The minimum Gasteiger partial charge on any atom is -0.444 e. The molecule has 2 rings (SSSR count). The average Bonchev–Trinajstić information content (AvgIpc) is 2.73. The Morgan fingerprint density at radius 3 is 2.83 bits per heavy atom. The summed E-state index contributed by atoms with van der Waals surface area (Å²) in [5.41, 5.74) is 5.92. The van der Waals surface area contributed by atoms with E-state index in [1.807, 2.05) is 6.92 Å². The largest absolute Gasteiger partial charge is 0.444 e. The number of carbonyl (C=O) groups excluding carboxylic acids is 1. The van der Waals surface area contributed by atoms with Crippen molar-refractivity contribution in [1.29, 1.82) is 0 Å². The van der Waals surface area contributed by atoms with Gasteiger partial charge in [-0.05, 0) is 19.8 Å². The molecule has 5 nitrogen and oxygen atoms in total. The summed E-state index contributed by atoms with van der Waals surface area (Å²) in [5, 5.41) is 2.81. The summed E-state index contributed by atoms with van der Waals surface area (Å²) in [6.07, 6.45) is 7.42. The zero-order valence-electron chi connectivity index (χ0n) is 10.9. The van der Waals surface area contributed by atoms with E-state index in [2.05, 4.69) is 10.3 Å². The van der Waals surface area contributed by atoms with Crippen LogP contribution in [0, 0.1) is 6.92 Å². The first-order valence-corrected chi connectivity index (χ1v) is 6.54. The van der Waals surface area contributed by atoms with Gasteiger partial charge in [-0.2, -0.15) is 0 Å². The molecule has 5 heteroatoms. The van der Waals surface area contributed by atoms with Gasteiger partial charge in [0, 0.05) is 12.0 Å². The molecule has 0 aliphatic heterocycles. The van der Waals surface area contributed by atoms with Crippen LogP contribution in [0.5, 0.6) is 0 Å². The summed E-state index contributed by atoms with van der Waals surface area (Å²) in [6, 6.07) is 0. The van der Waals surface area contributed by atoms with Crippen LogP contribution in [0.1, 0.15) is 50.2 Å². The molecule has 0 saturated heterocycles. The van der Waals surface area contributed by atoms with Crippen molar-refractivity contribution in [3.63, 3.8) is 0 Å². The van der Waals surface area contributed by atoms with E-state index in [-0.39, 0.29) is 11.4 Å². The van der Waals surface area contributed by atoms with Crippen LogP contribution in [0.2, 0.25) is 0 Å². The van der Waals surface area contributed by atoms with E-state index >= 15 is 0 Å². The molecule has 0 radical (unpaired) electrons. The first kappa shape index (κ1) is 13.1.